The highest BCUT2D eigenvalue weighted by molar-refractivity contribution is 5.92. The number of carbonyl (C=O) groups excluding carboxylic acids is 1. The van der Waals surface area contributed by atoms with Crippen molar-refractivity contribution >= 4 is 5.97 Å². The predicted octanol–water partition coefficient (Wildman–Crippen LogP) is 4.60. The maximum absolute atomic E-state index is 11.8. The number of ether oxygens (including phenoxy) is 2. The summed E-state index contributed by atoms with van der Waals surface area (Å²) >= 11 is 0. The number of rotatable bonds is 10. The van der Waals surface area contributed by atoms with E-state index in [1.165, 1.54) is 32.1 Å². The summed E-state index contributed by atoms with van der Waals surface area (Å²) in [5.41, 5.74) is 0.514. The number of hydrogen-bond donors (Lipinski definition) is 0. The minimum absolute atomic E-state index is 0.314. The van der Waals surface area contributed by atoms with Gasteiger partial charge in [0.25, 0.3) is 0 Å². The molecule has 0 aliphatic rings. The van der Waals surface area contributed by atoms with Crippen molar-refractivity contribution in [1.82, 2.24) is 0 Å². The Labute approximate surface area is 122 Å². The van der Waals surface area contributed by atoms with Crippen molar-refractivity contribution in [3.05, 3.63) is 29.8 Å². The maximum Gasteiger partial charge on any atom is 0.341 e. The number of esters is 1. The minimum atomic E-state index is -0.314. The number of para-hydroxylation sites is 1. The molecule has 0 aliphatic carbocycles. The van der Waals surface area contributed by atoms with Crippen LogP contribution in [0.15, 0.2) is 24.3 Å². The first-order chi connectivity index (χ1) is 9.79. The van der Waals surface area contributed by atoms with Crippen molar-refractivity contribution < 1.29 is 14.3 Å². The lowest BCUT2D eigenvalue weighted by molar-refractivity contribution is 0.0521. The number of carbonyl (C=O) groups is 1. The molecule has 0 N–H and O–H groups in total. The highest BCUT2D eigenvalue weighted by Crippen LogP contribution is 2.19. The first-order valence-corrected chi connectivity index (χ1v) is 7.68. The van der Waals surface area contributed by atoms with E-state index in [0.29, 0.717) is 24.5 Å². The minimum Gasteiger partial charge on any atom is -0.493 e. The molecule has 0 saturated carbocycles. The Morgan fingerprint density at radius 2 is 1.70 bits per heavy atom. The van der Waals surface area contributed by atoms with E-state index in [1.807, 2.05) is 18.2 Å². The molecule has 0 bridgehead atoms. The van der Waals surface area contributed by atoms with E-state index in [0.717, 1.165) is 6.42 Å². The zero-order valence-electron chi connectivity index (χ0n) is 12.7. The van der Waals surface area contributed by atoms with E-state index in [9.17, 15) is 4.79 Å². The fraction of sp³-hybridized carbons (Fsp3) is 0.588. The summed E-state index contributed by atoms with van der Waals surface area (Å²) in [7, 11) is 0. The third-order valence-electron chi connectivity index (χ3n) is 3.14. The quantitative estimate of drug-likeness (QED) is 0.463. The average molecular weight is 278 g/mol. The van der Waals surface area contributed by atoms with E-state index in [2.05, 4.69) is 6.92 Å². The number of unbranched alkanes of at least 4 members (excludes halogenated alkanes) is 5. The summed E-state index contributed by atoms with van der Waals surface area (Å²) in [5.74, 6) is 0.311. The molecule has 1 aromatic rings. The maximum atomic E-state index is 11.8. The lowest BCUT2D eigenvalue weighted by atomic mass is 10.1. The summed E-state index contributed by atoms with van der Waals surface area (Å²) in [6, 6.07) is 7.26. The lowest BCUT2D eigenvalue weighted by Gasteiger charge is -2.10. The van der Waals surface area contributed by atoms with Gasteiger partial charge in [-0.25, -0.2) is 4.79 Å². The third-order valence-corrected chi connectivity index (χ3v) is 3.14. The number of hydrogen-bond acceptors (Lipinski definition) is 3. The van der Waals surface area contributed by atoms with Crippen LogP contribution >= 0.6 is 0 Å². The molecule has 0 fully saturated rings. The summed E-state index contributed by atoms with van der Waals surface area (Å²) in [4.78, 5) is 11.8. The molecule has 0 saturated heterocycles. The van der Waals surface area contributed by atoms with Crippen molar-refractivity contribution in [1.29, 1.82) is 0 Å². The van der Waals surface area contributed by atoms with Crippen LogP contribution in [0.25, 0.3) is 0 Å². The van der Waals surface area contributed by atoms with Gasteiger partial charge in [-0.05, 0) is 25.5 Å². The standard InChI is InChI=1S/C17H26O3/c1-3-5-6-7-8-11-14-20-16-13-10-9-12-15(16)17(18)19-4-2/h9-10,12-13H,3-8,11,14H2,1-2H3. The molecule has 0 radical (unpaired) electrons. The SMILES string of the molecule is CCCCCCCCOc1ccccc1C(=O)OCC. The Morgan fingerprint density at radius 3 is 2.45 bits per heavy atom. The van der Waals surface area contributed by atoms with Gasteiger partial charge in [-0.15, -0.1) is 0 Å². The van der Waals surface area contributed by atoms with E-state index in [-0.39, 0.29) is 5.97 Å². The fourth-order valence-corrected chi connectivity index (χ4v) is 2.03. The van der Waals surface area contributed by atoms with Crippen LogP contribution in [0, 0.1) is 0 Å². The van der Waals surface area contributed by atoms with Crippen LogP contribution in [-0.4, -0.2) is 19.2 Å². The Hall–Kier alpha value is -1.51. The predicted molar refractivity (Wildman–Crippen MR) is 81.3 cm³/mol. The Balaban J connectivity index is 2.34. The second-order valence-electron chi connectivity index (χ2n) is 4.83. The van der Waals surface area contributed by atoms with Gasteiger partial charge in [0.2, 0.25) is 0 Å². The van der Waals surface area contributed by atoms with Crippen LogP contribution in [0.1, 0.15) is 62.7 Å². The highest BCUT2D eigenvalue weighted by Gasteiger charge is 2.12. The molecule has 0 unspecified atom stereocenters. The second-order valence-corrected chi connectivity index (χ2v) is 4.83. The highest BCUT2D eigenvalue weighted by atomic mass is 16.5. The van der Waals surface area contributed by atoms with Gasteiger partial charge in [0.1, 0.15) is 11.3 Å². The zero-order valence-corrected chi connectivity index (χ0v) is 12.7. The Bertz CT molecular complexity index is 388. The molecule has 0 amide bonds. The van der Waals surface area contributed by atoms with Crippen LogP contribution in [0.3, 0.4) is 0 Å². The van der Waals surface area contributed by atoms with Crippen molar-refractivity contribution in [2.24, 2.45) is 0 Å². The number of benzene rings is 1. The van der Waals surface area contributed by atoms with Crippen LogP contribution < -0.4 is 4.74 Å². The van der Waals surface area contributed by atoms with E-state index in [4.69, 9.17) is 9.47 Å². The largest absolute Gasteiger partial charge is 0.493 e. The van der Waals surface area contributed by atoms with Gasteiger partial charge in [0, 0.05) is 0 Å². The van der Waals surface area contributed by atoms with E-state index >= 15 is 0 Å². The molecular formula is C17H26O3. The van der Waals surface area contributed by atoms with Crippen molar-refractivity contribution in [2.45, 2.75) is 52.4 Å². The molecule has 3 nitrogen and oxygen atoms in total. The summed E-state index contributed by atoms with van der Waals surface area (Å²) in [6.45, 7) is 5.06. The second kappa shape index (κ2) is 10.3. The van der Waals surface area contributed by atoms with Crippen molar-refractivity contribution in [2.75, 3.05) is 13.2 Å². The van der Waals surface area contributed by atoms with Crippen LogP contribution in [0.2, 0.25) is 0 Å². The Morgan fingerprint density at radius 1 is 1.00 bits per heavy atom. The lowest BCUT2D eigenvalue weighted by Crippen LogP contribution is -2.08. The molecule has 0 heterocycles. The molecule has 112 valence electrons. The van der Waals surface area contributed by atoms with Gasteiger partial charge in [0.15, 0.2) is 0 Å². The monoisotopic (exact) mass is 278 g/mol. The first kappa shape index (κ1) is 16.5. The molecule has 3 heteroatoms. The smallest absolute Gasteiger partial charge is 0.341 e. The molecule has 0 aliphatic heterocycles. The van der Waals surface area contributed by atoms with Crippen molar-refractivity contribution in [3.63, 3.8) is 0 Å². The van der Waals surface area contributed by atoms with Crippen molar-refractivity contribution in [3.8, 4) is 5.75 Å². The molecule has 20 heavy (non-hydrogen) atoms. The van der Waals surface area contributed by atoms with Gasteiger partial charge in [0.05, 0.1) is 13.2 Å². The summed E-state index contributed by atoms with van der Waals surface area (Å²) in [5, 5.41) is 0. The molecule has 1 rings (SSSR count). The van der Waals surface area contributed by atoms with Gasteiger partial charge < -0.3 is 9.47 Å². The first-order valence-electron chi connectivity index (χ1n) is 7.68. The third kappa shape index (κ3) is 6.09. The topological polar surface area (TPSA) is 35.5 Å². The molecular weight excluding hydrogens is 252 g/mol. The molecule has 0 atom stereocenters. The van der Waals surface area contributed by atoms with Crippen LogP contribution in [0.4, 0.5) is 0 Å². The molecule has 0 aromatic heterocycles. The van der Waals surface area contributed by atoms with Gasteiger partial charge in [-0.3, -0.25) is 0 Å². The molecule has 0 spiro atoms. The summed E-state index contributed by atoms with van der Waals surface area (Å²) < 4.78 is 10.7. The van der Waals surface area contributed by atoms with Gasteiger partial charge in [-0.2, -0.15) is 0 Å². The summed E-state index contributed by atoms with van der Waals surface area (Å²) in [6.07, 6.45) is 7.35. The van der Waals surface area contributed by atoms with Gasteiger partial charge >= 0.3 is 5.97 Å². The van der Waals surface area contributed by atoms with Crippen LogP contribution in [0.5, 0.6) is 5.75 Å². The van der Waals surface area contributed by atoms with E-state index in [1.54, 1.807) is 13.0 Å². The average Bonchev–Trinajstić information content (AvgIpc) is 2.47. The zero-order chi connectivity index (χ0) is 14.6. The fourth-order valence-electron chi connectivity index (χ4n) is 2.03. The molecule has 1 aromatic carbocycles. The van der Waals surface area contributed by atoms with Crippen LogP contribution in [-0.2, 0) is 4.74 Å². The van der Waals surface area contributed by atoms with Gasteiger partial charge in [-0.1, -0.05) is 51.2 Å². The van der Waals surface area contributed by atoms with E-state index < -0.39 is 0 Å². The Kier molecular flexibility index (Phi) is 8.52. The normalized spacial score (nSPS) is 10.3.